The number of nitrogens with zero attached hydrogens (tertiary/aromatic N) is 2. The molecule has 2 rings (SSSR count). The first-order chi connectivity index (χ1) is 7.29. The molecule has 15 heavy (non-hydrogen) atoms. The van der Waals surface area contributed by atoms with E-state index in [1.165, 1.54) is 45.4 Å². The Kier molecular flexibility index (Phi) is 4.00. The van der Waals surface area contributed by atoms with E-state index in [-0.39, 0.29) is 0 Å². The molecule has 0 spiro atoms. The zero-order valence-corrected chi connectivity index (χ0v) is 10.1. The van der Waals surface area contributed by atoms with Gasteiger partial charge in [0.2, 0.25) is 0 Å². The second kappa shape index (κ2) is 5.28. The Bertz CT molecular complexity index is 198. The maximum absolute atomic E-state index is 5.35. The summed E-state index contributed by atoms with van der Waals surface area (Å²) in [5, 5.41) is 0. The minimum atomic E-state index is 0.373. The average Bonchev–Trinajstić information content (AvgIpc) is 2.58. The highest BCUT2D eigenvalue weighted by Crippen LogP contribution is 2.21. The molecule has 0 aliphatic carbocycles. The van der Waals surface area contributed by atoms with Gasteiger partial charge in [-0.25, -0.2) is 0 Å². The number of hydrogen-bond acceptors (Lipinski definition) is 3. The van der Waals surface area contributed by atoms with E-state index in [4.69, 9.17) is 4.74 Å². The molecule has 0 radical (unpaired) electrons. The minimum absolute atomic E-state index is 0.373. The van der Waals surface area contributed by atoms with Gasteiger partial charge in [-0.3, -0.25) is 9.80 Å². The molecule has 0 saturated carbocycles. The van der Waals surface area contributed by atoms with E-state index >= 15 is 0 Å². The van der Waals surface area contributed by atoms with Gasteiger partial charge in [-0.1, -0.05) is 0 Å². The second-order valence-corrected chi connectivity index (χ2v) is 4.99. The fourth-order valence-corrected chi connectivity index (χ4v) is 2.89. The van der Waals surface area contributed by atoms with Crippen LogP contribution in [0.1, 0.15) is 26.2 Å². The molecular formula is C12H24N2O. The molecular weight excluding hydrogens is 188 g/mol. The lowest BCUT2D eigenvalue weighted by atomic mass is 10.2. The highest BCUT2D eigenvalue weighted by atomic mass is 16.5. The van der Waals surface area contributed by atoms with Gasteiger partial charge in [0.15, 0.2) is 0 Å². The predicted octanol–water partition coefficient (Wildman–Crippen LogP) is 1.19. The van der Waals surface area contributed by atoms with E-state index in [9.17, 15) is 0 Å². The smallest absolute Gasteiger partial charge is 0.0670 e. The van der Waals surface area contributed by atoms with Crippen LogP contribution in [0.25, 0.3) is 0 Å². The number of methoxy groups -OCH3 is 1. The molecule has 3 heteroatoms. The Labute approximate surface area is 93.4 Å². The van der Waals surface area contributed by atoms with E-state index in [0.717, 1.165) is 12.6 Å². The summed E-state index contributed by atoms with van der Waals surface area (Å²) < 4.78 is 5.35. The Morgan fingerprint density at radius 1 is 1.27 bits per heavy atom. The van der Waals surface area contributed by atoms with Crippen molar-refractivity contribution < 1.29 is 4.74 Å². The third-order valence-electron chi connectivity index (χ3n) is 3.81. The maximum Gasteiger partial charge on any atom is 0.0670 e. The lowest BCUT2D eigenvalue weighted by molar-refractivity contribution is 0.0743. The summed E-state index contributed by atoms with van der Waals surface area (Å²) in [5.41, 5.74) is 0. The van der Waals surface area contributed by atoms with E-state index in [1.54, 1.807) is 0 Å². The Balaban J connectivity index is 1.85. The first-order valence-electron chi connectivity index (χ1n) is 6.29. The molecule has 2 aliphatic rings. The summed E-state index contributed by atoms with van der Waals surface area (Å²) in [4.78, 5) is 5.27. The van der Waals surface area contributed by atoms with Crippen LogP contribution in [0.2, 0.25) is 0 Å². The standard InChI is InChI=1S/C12H24N2O/c1-11(15-2)9-13-6-4-8-14-7-3-5-12(14)10-13/h11-12H,3-10H2,1-2H3. The van der Waals surface area contributed by atoms with Crippen molar-refractivity contribution in [1.82, 2.24) is 9.80 Å². The van der Waals surface area contributed by atoms with Gasteiger partial charge in [-0.05, 0) is 45.8 Å². The zero-order chi connectivity index (χ0) is 10.7. The summed E-state index contributed by atoms with van der Waals surface area (Å²) in [6, 6.07) is 0.830. The molecule has 88 valence electrons. The highest BCUT2D eigenvalue weighted by molar-refractivity contribution is 4.85. The molecule has 2 unspecified atom stereocenters. The molecule has 2 atom stereocenters. The highest BCUT2D eigenvalue weighted by Gasteiger charge is 2.28. The molecule has 0 aromatic carbocycles. The van der Waals surface area contributed by atoms with Crippen LogP contribution in [0.4, 0.5) is 0 Å². The number of rotatable bonds is 3. The van der Waals surface area contributed by atoms with E-state index < -0.39 is 0 Å². The summed E-state index contributed by atoms with van der Waals surface area (Å²) in [7, 11) is 1.81. The second-order valence-electron chi connectivity index (χ2n) is 4.99. The van der Waals surface area contributed by atoms with Crippen LogP contribution >= 0.6 is 0 Å². The van der Waals surface area contributed by atoms with Gasteiger partial charge in [0, 0.05) is 26.2 Å². The Hall–Kier alpha value is -0.120. The van der Waals surface area contributed by atoms with Gasteiger partial charge in [-0.2, -0.15) is 0 Å². The summed E-state index contributed by atoms with van der Waals surface area (Å²) >= 11 is 0. The number of fused-ring (bicyclic) bond motifs is 1. The topological polar surface area (TPSA) is 15.7 Å². The molecule has 0 aromatic rings. The van der Waals surface area contributed by atoms with Crippen LogP contribution in [-0.4, -0.2) is 61.8 Å². The van der Waals surface area contributed by atoms with E-state index in [1.807, 2.05) is 7.11 Å². The van der Waals surface area contributed by atoms with Crippen molar-refractivity contribution in [3.05, 3.63) is 0 Å². The normalized spacial score (nSPS) is 31.2. The Morgan fingerprint density at radius 2 is 2.07 bits per heavy atom. The first-order valence-corrected chi connectivity index (χ1v) is 6.29. The van der Waals surface area contributed by atoms with Crippen LogP contribution in [0.3, 0.4) is 0 Å². The molecule has 3 nitrogen and oxygen atoms in total. The van der Waals surface area contributed by atoms with Crippen LogP contribution in [0.15, 0.2) is 0 Å². The van der Waals surface area contributed by atoms with Crippen LogP contribution in [-0.2, 0) is 4.74 Å². The van der Waals surface area contributed by atoms with Crippen molar-refractivity contribution in [3.8, 4) is 0 Å². The largest absolute Gasteiger partial charge is 0.380 e. The summed E-state index contributed by atoms with van der Waals surface area (Å²) in [6.07, 6.45) is 4.50. The van der Waals surface area contributed by atoms with Crippen molar-refractivity contribution in [2.45, 2.75) is 38.3 Å². The average molecular weight is 212 g/mol. The SMILES string of the molecule is COC(C)CN1CCCN2CCCC2C1. The number of hydrogen-bond donors (Lipinski definition) is 0. The van der Waals surface area contributed by atoms with Crippen molar-refractivity contribution in [1.29, 1.82) is 0 Å². The predicted molar refractivity (Wildman–Crippen MR) is 62.1 cm³/mol. The molecule has 0 amide bonds. The van der Waals surface area contributed by atoms with Gasteiger partial charge in [0.1, 0.15) is 0 Å². The van der Waals surface area contributed by atoms with Crippen LogP contribution < -0.4 is 0 Å². The minimum Gasteiger partial charge on any atom is -0.380 e. The lowest BCUT2D eigenvalue weighted by Crippen LogP contribution is -2.39. The monoisotopic (exact) mass is 212 g/mol. The van der Waals surface area contributed by atoms with E-state index in [0.29, 0.717) is 6.10 Å². The molecule has 0 N–H and O–H groups in total. The Morgan fingerprint density at radius 3 is 2.87 bits per heavy atom. The van der Waals surface area contributed by atoms with Crippen molar-refractivity contribution >= 4 is 0 Å². The third kappa shape index (κ3) is 2.92. The fraction of sp³-hybridized carbons (Fsp3) is 1.00. The van der Waals surface area contributed by atoms with Gasteiger partial charge in [0.05, 0.1) is 6.10 Å². The van der Waals surface area contributed by atoms with Crippen LogP contribution in [0, 0.1) is 0 Å². The zero-order valence-electron chi connectivity index (χ0n) is 10.1. The first kappa shape index (κ1) is 11.4. The van der Waals surface area contributed by atoms with Gasteiger partial charge in [-0.15, -0.1) is 0 Å². The fourth-order valence-electron chi connectivity index (χ4n) is 2.89. The molecule has 2 aliphatic heterocycles. The third-order valence-corrected chi connectivity index (χ3v) is 3.81. The number of ether oxygens (including phenoxy) is 1. The lowest BCUT2D eigenvalue weighted by Gasteiger charge is -2.27. The van der Waals surface area contributed by atoms with Gasteiger partial charge < -0.3 is 4.74 Å². The van der Waals surface area contributed by atoms with Crippen molar-refractivity contribution in [3.63, 3.8) is 0 Å². The van der Waals surface area contributed by atoms with Gasteiger partial charge in [0.25, 0.3) is 0 Å². The van der Waals surface area contributed by atoms with Crippen LogP contribution in [0.5, 0.6) is 0 Å². The molecule has 2 fully saturated rings. The van der Waals surface area contributed by atoms with Crippen molar-refractivity contribution in [2.75, 3.05) is 39.8 Å². The van der Waals surface area contributed by atoms with Gasteiger partial charge >= 0.3 is 0 Å². The quantitative estimate of drug-likeness (QED) is 0.699. The molecule has 2 heterocycles. The molecule has 0 aromatic heterocycles. The maximum atomic E-state index is 5.35. The van der Waals surface area contributed by atoms with E-state index in [2.05, 4.69) is 16.7 Å². The van der Waals surface area contributed by atoms with Crippen molar-refractivity contribution in [2.24, 2.45) is 0 Å². The molecule has 0 bridgehead atoms. The summed E-state index contributed by atoms with van der Waals surface area (Å²) in [5.74, 6) is 0. The summed E-state index contributed by atoms with van der Waals surface area (Å²) in [6.45, 7) is 8.41. The molecule has 2 saturated heterocycles.